The molecule has 0 aliphatic rings. The topological polar surface area (TPSA) is 0 Å². The Bertz CT molecular complexity index is 255. The summed E-state index contributed by atoms with van der Waals surface area (Å²) in [5.41, 5.74) is 3.76. The predicted octanol–water partition coefficient (Wildman–Crippen LogP) is 1.75. The molecule has 50 valence electrons. The summed E-state index contributed by atoms with van der Waals surface area (Å²) in [7, 11) is 0. The molecule has 0 amide bonds. The second kappa shape index (κ2) is 3.06. The van der Waals surface area contributed by atoms with Crippen molar-refractivity contribution in [2.24, 2.45) is 0 Å². The Kier molecular flexibility index (Phi) is 2.33. The van der Waals surface area contributed by atoms with Crippen LogP contribution in [-0.4, -0.2) is 6.15 Å². The van der Waals surface area contributed by atoms with Gasteiger partial charge in [0.2, 0.25) is 0 Å². The summed E-state index contributed by atoms with van der Waals surface area (Å²) in [5, 5.41) is 0. The summed E-state index contributed by atoms with van der Waals surface area (Å²) in [6.07, 6.45) is 1.72. The van der Waals surface area contributed by atoms with Crippen LogP contribution in [-0.2, 0) is 0 Å². The molecule has 0 unspecified atom stereocenters. The Hall–Kier alpha value is -0.495. The van der Waals surface area contributed by atoms with E-state index in [4.69, 9.17) is 12.1 Å². The van der Waals surface area contributed by atoms with Gasteiger partial charge in [-0.15, -0.1) is 0 Å². The molecule has 0 heterocycles. The molecule has 0 nitrogen and oxygen atoms in total. The number of hydrogen-bond acceptors (Lipinski definition) is 1. The van der Waals surface area contributed by atoms with Crippen molar-refractivity contribution in [3.63, 3.8) is 0 Å². The van der Waals surface area contributed by atoms with Crippen LogP contribution < -0.4 is 5.46 Å². The second-order valence-electron chi connectivity index (χ2n) is 2.41. The molecule has 0 N–H and O–H groups in total. The molecular weight excluding hydrogens is 139 g/mol. The van der Waals surface area contributed by atoms with Crippen LogP contribution in [0.3, 0.4) is 0 Å². The zero-order valence-electron chi connectivity index (χ0n) is 6.22. The van der Waals surface area contributed by atoms with Gasteiger partial charge in [-0.3, -0.25) is 0 Å². The monoisotopic (exact) mass is 148 g/mol. The summed E-state index contributed by atoms with van der Waals surface area (Å²) in [6, 6.07) is 6.16. The van der Waals surface area contributed by atoms with Crippen LogP contribution in [0.1, 0.15) is 11.1 Å². The molecule has 0 fully saturated rings. The van der Waals surface area contributed by atoms with Gasteiger partial charge >= 0.3 is 66.8 Å². The molecule has 0 aromatic heterocycles. The Morgan fingerprint density at radius 1 is 1.30 bits per heavy atom. The molecule has 2 heteroatoms. The van der Waals surface area contributed by atoms with Gasteiger partial charge in [0.15, 0.2) is 0 Å². The van der Waals surface area contributed by atoms with Crippen molar-refractivity contribution in [2.75, 3.05) is 0 Å². The van der Waals surface area contributed by atoms with Crippen LogP contribution in [0.5, 0.6) is 0 Å². The maximum atomic E-state index is 4.84. The Labute approximate surface area is 67.4 Å². The summed E-state index contributed by atoms with van der Waals surface area (Å²) < 4.78 is 0. The molecule has 0 bridgehead atoms. The van der Waals surface area contributed by atoms with Gasteiger partial charge in [0.1, 0.15) is 0 Å². The zero-order chi connectivity index (χ0) is 7.56. The zero-order valence-corrected chi connectivity index (χ0v) is 7.03. The number of hydrogen-bond donors (Lipinski definition) is 0. The maximum absolute atomic E-state index is 4.84. The van der Waals surface area contributed by atoms with Crippen LogP contribution >= 0.6 is 12.1 Å². The number of aryl methyl sites for hydroxylation is 1. The van der Waals surface area contributed by atoms with Crippen molar-refractivity contribution < 1.29 is 0 Å². The van der Waals surface area contributed by atoms with Crippen molar-refractivity contribution in [3.8, 4) is 0 Å². The molecule has 0 spiro atoms. The fraction of sp³-hybridized carbons (Fsp3) is 0.250. The van der Waals surface area contributed by atoms with Gasteiger partial charge < -0.3 is 0 Å². The standard InChI is InChI=1S/C8H9BS/c1-6-4-3-5-8(9-10)7(6)2/h3-5H,1-2H3. The molecule has 1 rings (SSSR count). The SMILES string of the molecule is Cc1cccc(B=S)c1C. The Morgan fingerprint density at radius 2 is 2.00 bits per heavy atom. The first-order valence-electron chi connectivity index (χ1n) is 3.27. The van der Waals surface area contributed by atoms with E-state index in [1.165, 1.54) is 11.1 Å². The van der Waals surface area contributed by atoms with E-state index in [0.717, 1.165) is 5.46 Å². The average molecular weight is 148 g/mol. The molecule has 1 aromatic rings. The van der Waals surface area contributed by atoms with Gasteiger partial charge in [0.25, 0.3) is 0 Å². The fourth-order valence-electron chi connectivity index (χ4n) is 0.901. The molecule has 0 aliphatic heterocycles. The molecule has 0 saturated carbocycles. The van der Waals surface area contributed by atoms with Crippen molar-refractivity contribution in [1.29, 1.82) is 0 Å². The van der Waals surface area contributed by atoms with Crippen molar-refractivity contribution >= 4 is 23.7 Å². The fourth-order valence-corrected chi connectivity index (χ4v) is 1.16. The third-order valence-corrected chi connectivity index (χ3v) is 2.03. The average Bonchev–Trinajstić information content (AvgIpc) is 1.95. The van der Waals surface area contributed by atoms with Crippen molar-refractivity contribution in [1.82, 2.24) is 0 Å². The van der Waals surface area contributed by atoms with Crippen LogP contribution in [0, 0.1) is 13.8 Å². The van der Waals surface area contributed by atoms with Gasteiger partial charge in [0, 0.05) is 0 Å². The van der Waals surface area contributed by atoms with E-state index in [-0.39, 0.29) is 0 Å². The third kappa shape index (κ3) is 1.32. The first-order valence-corrected chi connectivity index (χ1v) is 3.74. The first-order chi connectivity index (χ1) is 4.75. The van der Waals surface area contributed by atoms with Crippen LogP contribution in [0.4, 0.5) is 0 Å². The number of rotatable bonds is 1. The van der Waals surface area contributed by atoms with E-state index in [1.807, 2.05) is 12.1 Å². The Morgan fingerprint density at radius 3 is 2.50 bits per heavy atom. The van der Waals surface area contributed by atoms with Gasteiger partial charge in [-0.05, 0) is 0 Å². The quantitative estimate of drug-likeness (QED) is 0.546. The minimum atomic E-state index is 1.16. The first kappa shape index (κ1) is 7.61. The van der Waals surface area contributed by atoms with E-state index >= 15 is 0 Å². The van der Waals surface area contributed by atoms with E-state index in [9.17, 15) is 0 Å². The predicted molar refractivity (Wildman–Crippen MR) is 48.9 cm³/mol. The van der Waals surface area contributed by atoms with E-state index < -0.39 is 0 Å². The van der Waals surface area contributed by atoms with E-state index in [0.29, 0.717) is 0 Å². The minimum absolute atomic E-state index is 1.16. The van der Waals surface area contributed by atoms with Crippen LogP contribution in [0.15, 0.2) is 18.2 Å². The van der Waals surface area contributed by atoms with Gasteiger partial charge in [-0.1, -0.05) is 0 Å². The van der Waals surface area contributed by atoms with Crippen LogP contribution in [0.2, 0.25) is 0 Å². The summed E-state index contributed by atoms with van der Waals surface area (Å²) in [4.78, 5) is 0. The molecule has 0 saturated heterocycles. The normalized spacial score (nSPS) is 9.00. The van der Waals surface area contributed by atoms with Gasteiger partial charge in [-0.2, -0.15) is 0 Å². The van der Waals surface area contributed by atoms with Crippen LogP contribution in [0.25, 0.3) is 0 Å². The molecule has 1 aromatic carbocycles. The van der Waals surface area contributed by atoms with E-state index in [1.54, 1.807) is 6.15 Å². The molecule has 0 aliphatic carbocycles. The molecular formula is C8H9BS. The number of benzene rings is 1. The molecule has 10 heavy (non-hydrogen) atoms. The van der Waals surface area contributed by atoms with Gasteiger partial charge in [0.05, 0.1) is 0 Å². The summed E-state index contributed by atoms with van der Waals surface area (Å²) >= 11 is 4.84. The Balaban J connectivity index is 3.27. The second-order valence-corrected chi connectivity index (χ2v) is 2.64. The van der Waals surface area contributed by atoms with Crippen molar-refractivity contribution in [3.05, 3.63) is 29.3 Å². The summed E-state index contributed by atoms with van der Waals surface area (Å²) in [6.45, 7) is 4.19. The van der Waals surface area contributed by atoms with Gasteiger partial charge in [-0.25, -0.2) is 0 Å². The van der Waals surface area contributed by atoms with E-state index in [2.05, 4.69) is 19.9 Å². The molecule has 0 radical (unpaired) electrons. The summed E-state index contributed by atoms with van der Waals surface area (Å²) in [5.74, 6) is 0. The van der Waals surface area contributed by atoms with Crippen molar-refractivity contribution in [2.45, 2.75) is 13.8 Å². The molecule has 0 atom stereocenters. The third-order valence-electron chi connectivity index (χ3n) is 1.77.